The minimum absolute atomic E-state index is 0.0355. The highest BCUT2D eigenvalue weighted by atomic mass is 19.1. The van der Waals surface area contributed by atoms with Crippen LogP contribution in [0.4, 0.5) is 4.39 Å². The monoisotopic (exact) mass is 298 g/mol. The summed E-state index contributed by atoms with van der Waals surface area (Å²) in [7, 11) is 0. The minimum atomic E-state index is -1.62. The summed E-state index contributed by atoms with van der Waals surface area (Å²) < 4.78 is 25.3. The summed E-state index contributed by atoms with van der Waals surface area (Å²) >= 11 is 0. The molecule has 0 amide bonds. The maximum atomic E-state index is 14.2. The molecule has 3 atom stereocenters. The van der Waals surface area contributed by atoms with Crippen LogP contribution in [0, 0.1) is 39.3 Å². The summed E-state index contributed by atoms with van der Waals surface area (Å²) in [5.41, 5.74) is 3.32. The predicted octanol–water partition coefficient (Wildman–Crippen LogP) is 1.01. The molecule has 1 aromatic carbocycles. The van der Waals surface area contributed by atoms with Crippen LogP contribution in [-0.4, -0.2) is 25.0 Å². The van der Waals surface area contributed by atoms with Gasteiger partial charge in [-0.3, -0.25) is 0 Å². The second kappa shape index (κ2) is 3.83. The zero-order valence-corrected chi connectivity index (χ0v) is 11.4. The maximum absolute atomic E-state index is 14.2. The van der Waals surface area contributed by atoms with E-state index in [1.165, 1.54) is 6.07 Å². The maximum Gasteiger partial charge on any atom is 0.293 e. The van der Waals surface area contributed by atoms with Crippen molar-refractivity contribution >= 4 is 5.84 Å². The first kappa shape index (κ1) is 13.2. The van der Waals surface area contributed by atoms with E-state index in [1.807, 2.05) is 0 Å². The fraction of sp³-hybridized carbons (Fsp3) is 0.400. The molecule has 1 saturated heterocycles. The summed E-state index contributed by atoms with van der Waals surface area (Å²) in [5, 5.41) is 19.5. The molecule has 3 unspecified atom stereocenters. The van der Waals surface area contributed by atoms with E-state index in [0.717, 1.165) is 0 Å². The number of hydrogen-bond acceptors (Lipinski definition) is 6. The van der Waals surface area contributed by atoms with E-state index in [-0.39, 0.29) is 24.6 Å². The Balaban J connectivity index is 1.97. The van der Waals surface area contributed by atoms with Gasteiger partial charge in [0.1, 0.15) is 17.1 Å². The van der Waals surface area contributed by atoms with Crippen LogP contribution in [-0.2, 0) is 9.47 Å². The molecule has 110 valence electrons. The van der Waals surface area contributed by atoms with Gasteiger partial charge in [-0.2, -0.15) is 10.5 Å². The van der Waals surface area contributed by atoms with Crippen molar-refractivity contribution in [2.75, 3.05) is 13.2 Å². The molecule has 2 aliphatic heterocycles. The van der Waals surface area contributed by atoms with Crippen LogP contribution in [0.25, 0.3) is 0 Å². The largest absolute Gasteiger partial charge is 0.386 e. The summed E-state index contributed by atoms with van der Waals surface area (Å²) in [5.74, 6) is -2.92. The number of aliphatic imine (C=N–C) groups is 1. The number of nitrogens with two attached hydrogens (primary N) is 1. The number of halogens is 1. The second-order valence-electron chi connectivity index (χ2n) is 5.57. The van der Waals surface area contributed by atoms with Gasteiger partial charge in [0.25, 0.3) is 5.91 Å². The molecule has 6 nitrogen and oxygen atoms in total. The van der Waals surface area contributed by atoms with E-state index in [4.69, 9.17) is 15.2 Å². The normalized spacial score (nSPS) is 37.2. The summed E-state index contributed by atoms with van der Waals surface area (Å²) in [4.78, 5) is 4.12. The van der Waals surface area contributed by atoms with Crippen LogP contribution in [0.15, 0.2) is 29.3 Å². The van der Waals surface area contributed by atoms with Crippen molar-refractivity contribution in [1.29, 1.82) is 10.5 Å². The molecule has 1 aliphatic carbocycles. The van der Waals surface area contributed by atoms with Gasteiger partial charge in [0, 0.05) is 5.92 Å². The van der Waals surface area contributed by atoms with Gasteiger partial charge in [-0.05, 0) is 11.6 Å². The molecule has 22 heavy (non-hydrogen) atoms. The Kier molecular flexibility index (Phi) is 2.30. The fourth-order valence-electron chi connectivity index (χ4n) is 3.89. The van der Waals surface area contributed by atoms with Crippen molar-refractivity contribution in [3.63, 3.8) is 0 Å². The van der Waals surface area contributed by atoms with E-state index in [2.05, 4.69) is 17.1 Å². The highest BCUT2D eigenvalue weighted by Crippen LogP contribution is 2.82. The van der Waals surface area contributed by atoms with Crippen molar-refractivity contribution in [3.05, 3.63) is 35.6 Å². The van der Waals surface area contributed by atoms with Crippen LogP contribution >= 0.6 is 0 Å². The molecular weight excluding hydrogens is 287 g/mol. The van der Waals surface area contributed by atoms with E-state index in [0.29, 0.717) is 0 Å². The Hall–Kier alpha value is -2.48. The molecule has 0 radical (unpaired) electrons. The van der Waals surface area contributed by atoms with Gasteiger partial charge in [-0.15, -0.1) is 0 Å². The molecule has 0 bridgehead atoms. The number of rotatable bonds is 1. The quantitative estimate of drug-likeness (QED) is 0.833. The van der Waals surface area contributed by atoms with E-state index in [9.17, 15) is 14.9 Å². The van der Waals surface area contributed by atoms with Gasteiger partial charge in [0.05, 0.1) is 25.4 Å². The van der Waals surface area contributed by atoms with Gasteiger partial charge in [-0.1, -0.05) is 18.2 Å². The number of amidine groups is 1. The van der Waals surface area contributed by atoms with E-state index in [1.54, 1.807) is 18.2 Å². The molecule has 7 heteroatoms. The van der Waals surface area contributed by atoms with Crippen molar-refractivity contribution in [1.82, 2.24) is 0 Å². The highest BCUT2D eigenvalue weighted by molar-refractivity contribution is 6.00. The first-order chi connectivity index (χ1) is 10.6. The Morgan fingerprint density at radius 2 is 1.91 bits per heavy atom. The molecule has 1 aromatic rings. The summed E-state index contributed by atoms with van der Waals surface area (Å²) in [6.45, 7) is 0.484. The van der Waals surface area contributed by atoms with Crippen molar-refractivity contribution < 1.29 is 13.9 Å². The third-order valence-corrected chi connectivity index (χ3v) is 4.82. The van der Waals surface area contributed by atoms with Crippen LogP contribution in [0.3, 0.4) is 0 Å². The first-order valence-electron chi connectivity index (χ1n) is 6.80. The number of fused-ring (bicyclic) bond motifs is 2. The molecule has 3 aliphatic rings. The molecule has 0 aromatic heterocycles. The van der Waals surface area contributed by atoms with Gasteiger partial charge in [0.15, 0.2) is 5.41 Å². The van der Waals surface area contributed by atoms with Crippen molar-refractivity contribution in [2.45, 2.75) is 11.8 Å². The van der Waals surface area contributed by atoms with Gasteiger partial charge in [-0.25, -0.2) is 9.38 Å². The van der Waals surface area contributed by atoms with Crippen LogP contribution in [0.2, 0.25) is 0 Å². The van der Waals surface area contributed by atoms with Gasteiger partial charge < -0.3 is 15.2 Å². The Morgan fingerprint density at radius 1 is 1.23 bits per heavy atom. The molecule has 1 spiro atoms. The third-order valence-electron chi connectivity index (χ3n) is 4.82. The van der Waals surface area contributed by atoms with Gasteiger partial charge >= 0.3 is 0 Å². The molecule has 4 rings (SSSR count). The smallest absolute Gasteiger partial charge is 0.293 e. The fourth-order valence-corrected chi connectivity index (χ4v) is 3.89. The molecular formula is C15H11FN4O2. The number of hydrogen-bond donors (Lipinski definition) is 1. The minimum Gasteiger partial charge on any atom is -0.386 e. The second-order valence-corrected chi connectivity index (χ2v) is 5.57. The third kappa shape index (κ3) is 1.08. The molecule has 2 N–H and O–H groups in total. The van der Waals surface area contributed by atoms with Gasteiger partial charge in [0.2, 0.25) is 0 Å². The molecule has 1 saturated carbocycles. The molecule has 2 fully saturated rings. The van der Waals surface area contributed by atoms with Crippen LogP contribution in [0.5, 0.6) is 0 Å². The van der Waals surface area contributed by atoms with Crippen molar-refractivity contribution in [3.8, 4) is 12.1 Å². The predicted molar refractivity (Wildman–Crippen MR) is 71.5 cm³/mol. The lowest BCUT2D eigenvalue weighted by molar-refractivity contribution is -0.184. The first-order valence-corrected chi connectivity index (χ1v) is 6.80. The Morgan fingerprint density at radius 3 is 2.50 bits per heavy atom. The lowest BCUT2D eigenvalue weighted by Crippen LogP contribution is -2.38. The average molecular weight is 298 g/mol. The number of ether oxygens (including phenoxy) is 2. The topological polar surface area (TPSA) is 104 Å². The van der Waals surface area contributed by atoms with E-state index < -0.39 is 28.5 Å². The number of benzene rings is 1. The number of nitrogens with zero attached hydrogens (tertiary/aromatic N) is 3. The molecule has 2 heterocycles. The standard InChI is InChI=1S/C15H11FN4O2/c16-10-4-2-1-3-9(10)11-13(7-17)12(19)20-15(14(11,13)8-18)21-5-6-22-15/h1-4,11H,5-6H2,(H2,19,20). The Bertz CT molecular complexity index is 789. The highest BCUT2D eigenvalue weighted by Gasteiger charge is 2.94. The number of nitriles is 2. The zero-order valence-electron chi connectivity index (χ0n) is 11.4. The van der Waals surface area contributed by atoms with E-state index >= 15 is 0 Å². The van der Waals surface area contributed by atoms with Crippen molar-refractivity contribution in [2.24, 2.45) is 21.6 Å². The summed E-state index contributed by atoms with van der Waals surface area (Å²) in [6.07, 6.45) is 0. The van der Waals surface area contributed by atoms with Crippen LogP contribution in [0.1, 0.15) is 11.5 Å². The SMILES string of the molecule is N#CC12C(N)=NC3(OCCO3)C1(C#N)C2c1ccccc1F. The lowest BCUT2D eigenvalue weighted by Gasteiger charge is -2.25. The van der Waals surface area contributed by atoms with Crippen LogP contribution < -0.4 is 5.73 Å². The summed E-state index contributed by atoms with van der Waals surface area (Å²) in [6, 6.07) is 10.2. The Labute approximate surface area is 125 Å². The average Bonchev–Trinajstić information content (AvgIpc) is 2.76. The zero-order chi connectivity index (χ0) is 15.6. The lowest BCUT2D eigenvalue weighted by atomic mass is 9.94.